The van der Waals surface area contributed by atoms with Gasteiger partial charge in [-0.25, -0.2) is 4.39 Å². The van der Waals surface area contributed by atoms with E-state index in [4.69, 9.17) is 0 Å². The molecule has 0 radical (unpaired) electrons. The number of rotatable bonds is 4. The number of halogens is 2. The zero-order valence-electron chi connectivity index (χ0n) is 6.83. The molecule has 1 rings (SSSR count). The highest BCUT2D eigenvalue weighted by atomic mass is 79.9. The van der Waals surface area contributed by atoms with Crippen molar-refractivity contribution in [3.05, 3.63) is 12.4 Å². The van der Waals surface area contributed by atoms with Crippen LogP contribution in [0.15, 0.2) is 12.4 Å². The second kappa shape index (κ2) is 4.96. The molecular weight excluding hydrogens is 241 g/mol. The number of anilines is 1. The van der Waals surface area contributed by atoms with E-state index in [0.29, 0.717) is 5.69 Å². The van der Waals surface area contributed by atoms with Crippen molar-refractivity contribution < 1.29 is 9.18 Å². The molecule has 1 aromatic rings. The molecule has 0 aliphatic heterocycles. The van der Waals surface area contributed by atoms with Crippen LogP contribution < -0.4 is 5.32 Å². The molecule has 0 unspecified atom stereocenters. The van der Waals surface area contributed by atoms with Crippen molar-refractivity contribution in [2.75, 3.05) is 17.3 Å². The molecule has 1 amide bonds. The number of carbonyl (C=O) groups is 1. The second-order valence-electron chi connectivity index (χ2n) is 2.36. The molecule has 0 saturated carbocycles. The molecule has 0 aliphatic carbocycles. The summed E-state index contributed by atoms with van der Waals surface area (Å²) in [5, 5.41) is 6.66. The monoisotopic (exact) mass is 249 g/mol. The minimum Gasteiger partial charge on any atom is -0.323 e. The summed E-state index contributed by atoms with van der Waals surface area (Å²) in [7, 11) is 0. The zero-order chi connectivity index (χ0) is 9.68. The maximum absolute atomic E-state index is 11.9. The van der Waals surface area contributed by atoms with Gasteiger partial charge < -0.3 is 5.32 Å². The molecule has 6 heteroatoms. The van der Waals surface area contributed by atoms with Crippen molar-refractivity contribution in [1.82, 2.24) is 9.78 Å². The summed E-state index contributed by atoms with van der Waals surface area (Å²) in [4.78, 5) is 10.9. The Morgan fingerprint density at radius 2 is 2.54 bits per heavy atom. The van der Waals surface area contributed by atoms with Gasteiger partial charge in [0.2, 0.25) is 5.91 Å². The number of aromatic nitrogens is 2. The molecule has 72 valence electrons. The van der Waals surface area contributed by atoms with E-state index in [1.54, 1.807) is 6.20 Å². The molecule has 1 aromatic heterocycles. The fourth-order valence-corrected chi connectivity index (χ4v) is 0.972. The summed E-state index contributed by atoms with van der Waals surface area (Å²) >= 11 is 3.01. The number of alkyl halides is 2. The van der Waals surface area contributed by atoms with Crippen LogP contribution in [0.4, 0.5) is 10.1 Å². The van der Waals surface area contributed by atoms with Gasteiger partial charge in [0, 0.05) is 6.20 Å². The molecule has 1 heterocycles. The predicted octanol–water partition coefficient (Wildman–Crippen LogP) is 1.19. The first kappa shape index (κ1) is 10.2. The third-order valence-corrected chi connectivity index (χ3v) is 1.86. The molecule has 4 nitrogen and oxygen atoms in total. The van der Waals surface area contributed by atoms with Crippen molar-refractivity contribution in [2.45, 2.75) is 6.54 Å². The molecular formula is C7H9BrFN3O. The average molecular weight is 250 g/mol. The molecule has 0 aromatic carbocycles. The van der Waals surface area contributed by atoms with E-state index in [9.17, 15) is 9.18 Å². The van der Waals surface area contributed by atoms with Gasteiger partial charge in [-0.05, 0) is 0 Å². The fraction of sp³-hybridized carbons (Fsp3) is 0.429. The van der Waals surface area contributed by atoms with Gasteiger partial charge in [0.25, 0.3) is 0 Å². The summed E-state index contributed by atoms with van der Waals surface area (Å²) in [5.41, 5.74) is 0.581. The Bertz CT molecular complexity index is 289. The maximum Gasteiger partial charge on any atom is 0.235 e. The standard InChI is InChI=1S/C7H9BrFN3O/c8-3-7(13)11-6-4-10-12(5-6)2-1-9/h4-5H,1-3H2,(H,11,13). The van der Waals surface area contributed by atoms with Gasteiger partial charge in [-0.2, -0.15) is 5.10 Å². The van der Waals surface area contributed by atoms with Gasteiger partial charge in [0.1, 0.15) is 6.67 Å². The van der Waals surface area contributed by atoms with Gasteiger partial charge in [-0.15, -0.1) is 0 Å². The van der Waals surface area contributed by atoms with Gasteiger partial charge >= 0.3 is 0 Å². The third-order valence-electron chi connectivity index (χ3n) is 1.35. The van der Waals surface area contributed by atoms with E-state index in [1.807, 2.05) is 0 Å². The lowest BCUT2D eigenvalue weighted by molar-refractivity contribution is -0.113. The topological polar surface area (TPSA) is 46.9 Å². The van der Waals surface area contributed by atoms with Gasteiger partial charge in [0.15, 0.2) is 0 Å². The van der Waals surface area contributed by atoms with Crippen molar-refractivity contribution >= 4 is 27.5 Å². The van der Waals surface area contributed by atoms with Gasteiger partial charge in [-0.1, -0.05) is 15.9 Å². The minimum atomic E-state index is -0.465. The first-order valence-corrected chi connectivity index (χ1v) is 4.82. The van der Waals surface area contributed by atoms with Crippen LogP contribution in [0.3, 0.4) is 0 Å². The van der Waals surface area contributed by atoms with Crippen LogP contribution in [0.2, 0.25) is 0 Å². The Balaban J connectivity index is 2.53. The largest absolute Gasteiger partial charge is 0.323 e. The van der Waals surface area contributed by atoms with Crippen LogP contribution in [0.25, 0.3) is 0 Å². The normalized spacial score (nSPS) is 10.0. The number of hydrogen-bond acceptors (Lipinski definition) is 2. The SMILES string of the molecule is O=C(CBr)Nc1cnn(CCF)c1. The number of hydrogen-bond donors (Lipinski definition) is 1. The first-order valence-electron chi connectivity index (χ1n) is 3.70. The van der Waals surface area contributed by atoms with E-state index in [0.717, 1.165) is 0 Å². The zero-order valence-corrected chi connectivity index (χ0v) is 8.42. The lowest BCUT2D eigenvalue weighted by atomic mass is 10.5. The molecule has 0 atom stereocenters. The van der Waals surface area contributed by atoms with E-state index in [1.165, 1.54) is 10.9 Å². The number of nitrogens with zero attached hydrogens (tertiary/aromatic N) is 2. The molecule has 0 saturated heterocycles. The van der Waals surface area contributed by atoms with Crippen LogP contribution in [-0.4, -0.2) is 27.7 Å². The Labute approximate surface area is 83.2 Å². The van der Waals surface area contributed by atoms with Crippen LogP contribution in [-0.2, 0) is 11.3 Å². The highest BCUT2D eigenvalue weighted by Crippen LogP contribution is 2.04. The smallest absolute Gasteiger partial charge is 0.235 e. The molecule has 13 heavy (non-hydrogen) atoms. The first-order chi connectivity index (χ1) is 6.26. The van der Waals surface area contributed by atoms with E-state index in [2.05, 4.69) is 26.3 Å². The van der Waals surface area contributed by atoms with E-state index in [-0.39, 0.29) is 17.8 Å². The highest BCUT2D eigenvalue weighted by Gasteiger charge is 2.01. The molecule has 0 aliphatic rings. The van der Waals surface area contributed by atoms with Gasteiger partial charge in [0.05, 0.1) is 23.8 Å². The number of nitrogens with one attached hydrogen (secondary N) is 1. The lowest BCUT2D eigenvalue weighted by Crippen LogP contribution is -2.11. The van der Waals surface area contributed by atoms with E-state index < -0.39 is 6.67 Å². The molecule has 0 spiro atoms. The lowest BCUT2D eigenvalue weighted by Gasteiger charge is -1.96. The fourth-order valence-electron chi connectivity index (χ4n) is 0.831. The van der Waals surface area contributed by atoms with Crippen LogP contribution in [0.1, 0.15) is 0 Å². The summed E-state index contributed by atoms with van der Waals surface area (Å²) in [6, 6.07) is 0. The average Bonchev–Trinajstić information content (AvgIpc) is 2.53. The second-order valence-corrected chi connectivity index (χ2v) is 2.92. The summed E-state index contributed by atoms with van der Waals surface area (Å²) in [5.74, 6) is -0.153. The van der Waals surface area contributed by atoms with E-state index >= 15 is 0 Å². The number of carbonyl (C=O) groups excluding carboxylic acids is 1. The molecule has 0 fully saturated rings. The Hall–Kier alpha value is -0.910. The predicted molar refractivity (Wildman–Crippen MR) is 50.6 cm³/mol. The third kappa shape index (κ3) is 3.14. The quantitative estimate of drug-likeness (QED) is 0.816. The Morgan fingerprint density at radius 1 is 1.77 bits per heavy atom. The van der Waals surface area contributed by atoms with Crippen molar-refractivity contribution in [1.29, 1.82) is 0 Å². The van der Waals surface area contributed by atoms with Crippen LogP contribution in [0, 0.1) is 0 Å². The molecule has 1 N–H and O–H groups in total. The maximum atomic E-state index is 11.9. The Kier molecular flexibility index (Phi) is 3.88. The number of amides is 1. The summed E-state index contributed by atoms with van der Waals surface area (Å²) in [6.07, 6.45) is 3.07. The summed E-state index contributed by atoms with van der Waals surface area (Å²) < 4.78 is 13.3. The Morgan fingerprint density at radius 3 is 3.15 bits per heavy atom. The highest BCUT2D eigenvalue weighted by molar-refractivity contribution is 9.09. The van der Waals surface area contributed by atoms with Crippen LogP contribution in [0.5, 0.6) is 0 Å². The summed E-state index contributed by atoms with van der Waals surface area (Å²) in [6.45, 7) is -0.252. The van der Waals surface area contributed by atoms with Gasteiger partial charge in [-0.3, -0.25) is 9.48 Å². The van der Waals surface area contributed by atoms with Crippen molar-refractivity contribution in [3.63, 3.8) is 0 Å². The minimum absolute atomic E-state index is 0.153. The van der Waals surface area contributed by atoms with Crippen molar-refractivity contribution in [2.24, 2.45) is 0 Å². The van der Waals surface area contributed by atoms with Crippen molar-refractivity contribution in [3.8, 4) is 0 Å². The van der Waals surface area contributed by atoms with Crippen LogP contribution >= 0.6 is 15.9 Å². The molecule has 0 bridgehead atoms. The number of aryl methyl sites for hydroxylation is 1.